The number of nitrogens with zero attached hydrogens (tertiary/aromatic N) is 4. The molecule has 3 saturated carbocycles. The van der Waals surface area contributed by atoms with E-state index < -0.39 is 18.4 Å². The number of hydrogen-bond donors (Lipinski definition) is 3. The molecule has 1 saturated heterocycles. The molecule has 4 aliphatic rings. The molecule has 2 spiro atoms. The largest absolute Gasteiger partial charge is 0.477 e. The Labute approximate surface area is 270 Å². The number of aromatic nitrogens is 4. The van der Waals surface area contributed by atoms with Crippen molar-refractivity contribution in [3.63, 3.8) is 0 Å². The molecule has 9 nitrogen and oxygen atoms in total. The molecule has 7 rings (SSSR count). The van der Waals surface area contributed by atoms with E-state index in [2.05, 4.69) is 30.4 Å². The van der Waals surface area contributed by atoms with Gasteiger partial charge in [-0.15, -0.1) is 5.10 Å². The van der Waals surface area contributed by atoms with Crippen LogP contribution in [-0.2, 0) is 0 Å². The van der Waals surface area contributed by atoms with E-state index >= 15 is 0 Å². The standard InChI is InChI=1S/C32H38ClF2N7O2S/c1-29(2)16-20(18-37-29)17-32(34,35)19-36-23-4-3-5-26(38-23)45-41-28(43)21-6-7-24(39-27(21)33)42-14-8-25(40-42)44-15-9-22-30(10-11-30)31(22)12-13-31/h3-8,14,20,22,37H,9-13,15-19H2,1-2H3,(H,36,38)(H,41,43). The number of nitrogens with one attached hydrogen (secondary N) is 3. The molecule has 45 heavy (non-hydrogen) atoms. The predicted octanol–water partition coefficient (Wildman–Crippen LogP) is 6.54. The van der Waals surface area contributed by atoms with Crippen molar-refractivity contribution in [1.29, 1.82) is 0 Å². The maximum absolute atomic E-state index is 14.6. The summed E-state index contributed by atoms with van der Waals surface area (Å²) in [5.41, 5.74) is 1.42. The van der Waals surface area contributed by atoms with Gasteiger partial charge in [-0.25, -0.2) is 23.4 Å². The molecule has 0 radical (unpaired) electrons. The van der Waals surface area contributed by atoms with Gasteiger partial charge in [0.25, 0.3) is 11.8 Å². The van der Waals surface area contributed by atoms with Gasteiger partial charge in [-0.1, -0.05) is 17.7 Å². The van der Waals surface area contributed by atoms with Gasteiger partial charge in [-0.05, 0) is 106 Å². The fourth-order valence-corrected chi connectivity index (χ4v) is 8.57. The number of carbonyl (C=O) groups excluding carboxylic acids is 1. The molecular weight excluding hydrogens is 620 g/mol. The Hall–Kier alpha value is -2.96. The number of carbonyl (C=O) groups is 1. The zero-order valence-corrected chi connectivity index (χ0v) is 27.0. The van der Waals surface area contributed by atoms with Crippen LogP contribution in [0.3, 0.4) is 0 Å². The minimum absolute atomic E-state index is 0.0215. The number of hydrogen-bond acceptors (Lipinski definition) is 8. The number of ether oxygens (including phenoxy) is 1. The highest BCUT2D eigenvalue weighted by Crippen LogP contribution is 2.93. The molecule has 13 heteroatoms. The van der Waals surface area contributed by atoms with E-state index in [0.717, 1.165) is 30.7 Å². The first kappa shape index (κ1) is 30.7. The Kier molecular flexibility index (Phi) is 7.76. The molecule has 3 aromatic heterocycles. The highest BCUT2D eigenvalue weighted by molar-refractivity contribution is 7.97. The minimum atomic E-state index is -2.87. The summed E-state index contributed by atoms with van der Waals surface area (Å²) in [6, 6.07) is 10.0. The van der Waals surface area contributed by atoms with E-state index in [9.17, 15) is 13.6 Å². The molecule has 1 aliphatic heterocycles. The molecule has 4 heterocycles. The van der Waals surface area contributed by atoms with Crippen molar-refractivity contribution in [3.05, 3.63) is 53.3 Å². The van der Waals surface area contributed by atoms with Crippen LogP contribution in [0.4, 0.5) is 14.6 Å². The molecule has 4 fully saturated rings. The summed E-state index contributed by atoms with van der Waals surface area (Å²) >= 11 is 7.35. The number of alkyl halides is 2. The van der Waals surface area contributed by atoms with E-state index in [4.69, 9.17) is 16.3 Å². The monoisotopic (exact) mass is 657 g/mol. The number of anilines is 1. The van der Waals surface area contributed by atoms with Crippen molar-refractivity contribution >= 4 is 35.3 Å². The van der Waals surface area contributed by atoms with Crippen molar-refractivity contribution in [3.8, 4) is 11.7 Å². The smallest absolute Gasteiger partial charge is 0.265 e. The van der Waals surface area contributed by atoms with Crippen molar-refractivity contribution in [1.82, 2.24) is 29.8 Å². The van der Waals surface area contributed by atoms with Crippen LogP contribution in [0, 0.1) is 22.7 Å². The normalized spacial score (nSPS) is 22.0. The first-order valence-electron chi connectivity index (χ1n) is 15.6. The zero-order chi connectivity index (χ0) is 31.5. The van der Waals surface area contributed by atoms with Crippen LogP contribution in [0.5, 0.6) is 5.88 Å². The summed E-state index contributed by atoms with van der Waals surface area (Å²) < 4.78 is 39.5. The van der Waals surface area contributed by atoms with Gasteiger partial charge in [0.05, 0.1) is 18.7 Å². The second kappa shape index (κ2) is 11.4. The number of rotatable bonds is 13. The third-order valence-electron chi connectivity index (χ3n) is 10.1. The van der Waals surface area contributed by atoms with Crippen LogP contribution in [0.15, 0.2) is 47.6 Å². The van der Waals surface area contributed by atoms with Crippen LogP contribution in [0.2, 0.25) is 5.15 Å². The van der Waals surface area contributed by atoms with Gasteiger partial charge in [0.15, 0.2) is 5.82 Å². The summed E-state index contributed by atoms with van der Waals surface area (Å²) in [4.78, 5) is 21.6. The molecule has 3 aromatic rings. The van der Waals surface area contributed by atoms with Crippen molar-refractivity contribution in [2.75, 3.05) is 25.0 Å². The Bertz CT molecular complexity index is 1570. The molecule has 1 amide bonds. The second-order valence-electron chi connectivity index (χ2n) is 13.8. The van der Waals surface area contributed by atoms with Crippen LogP contribution >= 0.6 is 23.5 Å². The minimum Gasteiger partial charge on any atom is -0.477 e. The summed E-state index contributed by atoms with van der Waals surface area (Å²) in [6.45, 7) is 4.79. The fourth-order valence-electron chi connectivity index (χ4n) is 7.74. The number of halogens is 3. The van der Waals surface area contributed by atoms with Gasteiger partial charge in [0.2, 0.25) is 5.88 Å². The lowest BCUT2D eigenvalue weighted by atomic mass is 9.92. The SMILES string of the molecule is CC1(C)CC(CC(F)(F)CNc2cccc(SNC(=O)c3ccc(-n4ccc(OCCC5C6(CC6)C56CC6)n4)nc3Cl)n2)CN1. The first-order valence-corrected chi connectivity index (χ1v) is 16.8. The topological polar surface area (TPSA) is 106 Å². The Morgan fingerprint density at radius 3 is 2.62 bits per heavy atom. The fraction of sp³-hybridized carbons (Fsp3) is 0.562. The predicted molar refractivity (Wildman–Crippen MR) is 169 cm³/mol. The van der Waals surface area contributed by atoms with Gasteiger partial charge in [-0.3, -0.25) is 9.52 Å². The van der Waals surface area contributed by atoms with Crippen LogP contribution in [0.25, 0.3) is 5.82 Å². The Morgan fingerprint density at radius 1 is 1.16 bits per heavy atom. The lowest BCUT2D eigenvalue weighted by Gasteiger charge is -2.22. The summed E-state index contributed by atoms with van der Waals surface area (Å²) in [5.74, 6) is -1.29. The maximum Gasteiger partial charge on any atom is 0.265 e. The van der Waals surface area contributed by atoms with Crippen molar-refractivity contribution in [2.24, 2.45) is 22.7 Å². The van der Waals surface area contributed by atoms with E-state index in [0.29, 0.717) is 46.5 Å². The van der Waals surface area contributed by atoms with Crippen LogP contribution in [-0.4, -0.2) is 56.8 Å². The van der Waals surface area contributed by atoms with E-state index in [1.807, 2.05) is 13.8 Å². The quantitative estimate of drug-likeness (QED) is 0.141. The third kappa shape index (κ3) is 6.38. The van der Waals surface area contributed by atoms with E-state index in [1.165, 1.54) is 25.7 Å². The first-order chi connectivity index (χ1) is 21.5. The number of fused-ring (bicyclic) bond motifs is 1. The molecule has 240 valence electrons. The van der Waals surface area contributed by atoms with Gasteiger partial charge in [0, 0.05) is 36.2 Å². The molecule has 3 aliphatic carbocycles. The maximum atomic E-state index is 14.6. The summed E-state index contributed by atoms with van der Waals surface area (Å²) in [5, 5.41) is 11.0. The van der Waals surface area contributed by atoms with Crippen molar-refractivity contribution in [2.45, 2.75) is 75.3 Å². The zero-order valence-electron chi connectivity index (χ0n) is 25.4. The lowest BCUT2D eigenvalue weighted by Crippen LogP contribution is -2.31. The lowest BCUT2D eigenvalue weighted by molar-refractivity contribution is -0.00781. The molecule has 1 unspecified atom stereocenters. The van der Waals surface area contributed by atoms with Gasteiger partial charge >= 0.3 is 0 Å². The van der Waals surface area contributed by atoms with E-state index in [-0.39, 0.29) is 28.6 Å². The molecule has 1 atom stereocenters. The van der Waals surface area contributed by atoms with Crippen LogP contribution < -0.4 is 20.1 Å². The highest BCUT2D eigenvalue weighted by atomic mass is 35.5. The van der Waals surface area contributed by atoms with Gasteiger partial charge in [0.1, 0.15) is 16.0 Å². The van der Waals surface area contributed by atoms with Gasteiger partial charge < -0.3 is 15.4 Å². The highest BCUT2D eigenvalue weighted by Gasteiger charge is 2.85. The third-order valence-corrected chi connectivity index (χ3v) is 11.1. The van der Waals surface area contributed by atoms with Gasteiger partial charge in [-0.2, -0.15) is 0 Å². The molecule has 0 aromatic carbocycles. The second-order valence-corrected chi connectivity index (χ2v) is 14.9. The molecule has 3 N–H and O–H groups in total. The molecule has 0 bridgehead atoms. The Morgan fingerprint density at radius 2 is 1.93 bits per heavy atom. The number of pyridine rings is 2. The number of amides is 1. The summed E-state index contributed by atoms with van der Waals surface area (Å²) in [6.07, 6.45) is 8.95. The van der Waals surface area contributed by atoms with Crippen molar-refractivity contribution < 1.29 is 18.3 Å². The average Bonchev–Trinajstić information content (AvgIpc) is 3.95. The van der Waals surface area contributed by atoms with Crippen LogP contribution in [0.1, 0.15) is 69.2 Å². The average molecular weight is 658 g/mol. The molecular formula is C32H38ClF2N7O2S. The van der Waals surface area contributed by atoms with E-state index in [1.54, 1.807) is 47.3 Å². The summed E-state index contributed by atoms with van der Waals surface area (Å²) in [7, 11) is 0. The Balaban J connectivity index is 0.881.